The van der Waals surface area contributed by atoms with Crippen LogP contribution in [0, 0.1) is 5.92 Å². The fraction of sp³-hybridized carbons (Fsp3) is 0.571. The van der Waals surface area contributed by atoms with Crippen molar-refractivity contribution in [1.29, 1.82) is 0 Å². The number of aliphatic hydroxyl groups is 1. The Labute approximate surface area is 123 Å². The summed E-state index contributed by atoms with van der Waals surface area (Å²) >= 11 is 5.41. The molecule has 1 atom stereocenters. The summed E-state index contributed by atoms with van der Waals surface area (Å²) in [5, 5.41) is 12.4. The molecule has 1 rings (SSSR count). The lowest BCUT2D eigenvalue weighted by Crippen LogP contribution is -2.21. The van der Waals surface area contributed by atoms with Gasteiger partial charge in [0.15, 0.2) is 0 Å². The summed E-state index contributed by atoms with van der Waals surface area (Å²) in [7, 11) is 0. The molecule has 1 aromatic rings. The van der Waals surface area contributed by atoms with Crippen LogP contribution in [-0.4, -0.2) is 23.5 Å². The van der Waals surface area contributed by atoms with Gasteiger partial charge in [-0.3, -0.25) is 0 Å². The average Bonchev–Trinajstić information content (AvgIpc) is 2.34. The van der Waals surface area contributed by atoms with Gasteiger partial charge in [-0.1, -0.05) is 42.8 Å². The van der Waals surface area contributed by atoms with E-state index in [0.29, 0.717) is 12.0 Å². The van der Waals surface area contributed by atoms with Gasteiger partial charge < -0.3 is 10.4 Å². The Morgan fingerprint density at radius 3 is 2.61 bits per heavy atom. The molecule has 0 aliphatic rings. The van der Waals surface area contributed by atoms with E-state index in [4.69, 9.17) is 5.11 Å². The predicted molar refractivity (Wildman–Crippen MR) is 83.1 cm³/mol. The molecule has 18 heavy (non-hydrogen) atoms. The molecule has 0 saturated heterocycles. The van der Waals surface area contributed by atoms with Crippen LogP contribution in [0.4, 0.5) is 0 Å². The van der Waals surface area contributed by atoms with Crippen LogP contribution in [0.3, 0.4) is 0 Å². The standard InChI is InChI=1S/C14H22BrNOS/c1-10(2)16-7-12-4-5-13(6-14(12)15)18-9-11(3)8-17/h4-6,10-11,16-17H,7-9H2,1-3H3. The zero-order chi connectivity index (χ0) is 13.5. The Bertz CT molecular complexity index is 371. The van der Waals surface area contributed by atoms with Crippen LogP contribution in [0.2, 0.25) is 0 Å². The summed E-state index contributed by atoms with van der Waals surface area (Å²) in [4.78, 5) is 1.25. The number of nitrogens with one attached hydrogen (secondary N) is 1. The third kappa shape index (κ3) is 5.74. The van der Waals surface area contributed by atoms with Gasteiger partial charge in [0.05, 0.1) is 0 Å². The molecule has 0 aromatic heterocycles. The van der Waals surface area contributed by atoms with Crippen LogP contribution in [-0.2, 0) is 6.54 Å². The van der Waals surface area contributed by atoms with E-state index in [0.717, 1.165) is 16.8 Å². The largest absolute Gasteiger partial charge is 0.396 e. The molecule has 0 aliphatic carbocycles. The molecule has 1 aromatic carbocycles. The van der Waals surface area contributed by atoms with E-state index < -0.39 is 0 Å². The van der Waals surface area contributed by atoms with Crippen molar-refractivity contribution in [3.8, 4) is 0 Å². The molecule has 0 fully saturated rings. The van der Waals surface area contributed by atoms with E-state index in [9.17, 15) is 0 Å². The fourth-order valence-electron chi connectivity index (χ4n) is 1.37. The number of rotatable bonds is 7. The average molecular weight is 332 g/mol. The maximum atomic E-state index is 9.00. The summed E-state index contributed by atoms with van der Waals surface area (Å²) in [6.07, 6.45) is 0. The number of halogens is 1. The quantitative estimate of drug-likeness (QED) is 0.748. The number of hydrogen-bond donors (Lipinski definition) is 2. The molecule has 2 nitrogen and oxygen atoms in total. The summed E-state index contributed by atoms with van der Waals surface area (Å²) in [6.45, 7) is 7.49. The second-order valence-corrected chi connectivity index (χ2v) is 6.84. The van der Waals surface area contributed by atoms with Crippen molar-refractivity contribution in [2.45, 2.75) is 38.3 Å². The van der Waals surface area contributed by atoms with E-state index in [1.54, 1.807) is 11.8 Å². The Morgan fingerprint density at radius 1 is 1.33 bits per heavy atom. The predicted octanol–water partition coefficient (Wildman–Crippen LogP) is 3.67. The molecule has 4 heteroatoms. The van der Waals surface area contributed by atoms with Gasteiger partial charge in [-0.15, -0.1) is 11.8 Å². The Hall–Kier alpha value is -0.0300. The van der Waals surface area contributed by atoms with Crippen molar-refractivity contribution in [3.05, 3.63) is 28.2 Å². The van der Waals surface area contributed by atoms with E-state index in [-0.39, 0.29) is 6.61 Å². The van der Waals surface area contributed by atoms with Gasteiger partial charge in [0.25, 0.3) is 0 Å². The van der Waals surface area contributed by atoms with Crippen molar-refractivity contribution in [2.24, 2.45) is 5.92 Å². The third-order valence-corrected chi connectivity index (χ3v) is 4.63. The van der Waals surface area contributed by atoms with E-state index in [1.807, 2.05) is 0 Å². The van der Waals surface area contributed by atoms with E-state index >= 15 is 0 Å². The second-order valence-electron chi connectivity index (χ2n) is 4.89. The van der Waals surface area contributed by atoms with Crippen molar-refractivity contribution >= 4 is 27.7 Å². The van der Waals surface area contributed by atoms with Crippen LogP contribution < -0.4 is 5.32 Å². The maximum absolute atomic E-state index is 9.00. The Morgan fingerprint density at radius 2 is 2.06 bits per heavy atom. The molecule has 0 aliphatic heterocycles. The summed E-state index contributed by atoms with van der Waals surface area (Å²) in [5.41, 5.74) is 1.28. The molecule has 0 spiro atoms. The highest BCUT2D eigenvalue weighted by Gasteiger charge is 2.05. The summed E-state index contributed by atoms with van der Waals surface area (Å²) in [6, 6.07) is 6.96. The first kappa shape index (κ1) is 16.0. The molecule has 0 saturated carbocycles. The van der Waals surface area contributed by atoms with Crippen LogP contribution in [0.1, 0.15) is 26.3 Å². The van der Waals surface area contributed by atoms with Gasteiger partial charge in [-0.05, 0) is 23.6 Å². The molecular weight excluding hydrogens is 310 g/mol. The lowest BCUT2D eigenvalue weighted by Gasteiger charge is -2.12. The van der Waals surface area contributed by atoms with Crippen LogP contribution in [0.5, 0.6) is 0 Å². The molecule has 0 bridgehead atoms. The fourth-order valence-corrected chi connectivity index (χ4v) is 2.98. The minimum Gasteiger partial charge on any atom is -0.396 e. The first-order chi connectivity index (χ1) is 8.52. The van der Waals surface area contributed by atoms with Gasteiger partial charge in [0.2, 0.25) is 0 Å². The van der Waals surface area contributed by atoms with Gasteiger partial charge in [-0.2, -0.15) is 0 Å². The van der Waals surface area contributed by atoms with Gasteiger partial charge >= 0.3 is 0 Å². The van der Waals surface area contributed by atoms with Crippen molar-refractivity contribution in [2.75, 3.05) is 12.4 Å². The van der Waals surface area contributed by atoms with Crippen molar-refractivity contribution < 1.29 is 5.11 Å². The second kappa shape index (κ2) is 8.20. The van der Waals surface area contributed by atoms with Crippen molar-refractivity contribution in [1.82, 2.24) is 5.32 Å². The zero-order valence-electron chi connectivity index (χ0n) is 11.2. The topological polar surface area (TPSA) is 32.3 Å². The van der Waals surface area contributed by atoms with Crippen LogP contribution in [0.25, 0.3) is 0 Å². The normalized spacial score (nSPS) is 13.0. The monoisotopic (exact) mass is 331 g/mol. The third-order valence-electron chi connectivity index (χ3n) is 2.57. The van der Waals surface area contributed by atoms with Gasteiger partial charge in [0.1, 0.15) is 0 Å². The van der Waals surface area contributed by atoms with Gasteiger partial charge in [-0.25, -0.2) is 0 Å². The highest BCUT2D eigenvalue weighted by Crippen LogP contribution is 2.26. The number of thioether (sulfide) groups is 1. The highest BCUT2D eigenvalue weighted by molar-refractivity contribution is 9.10. The highest BCUT2D eigenvalue weighted by atomic mass is 79.9. The number of benzene rings is 1. The Kier molecular flexibility index (Phi) is 7.30. The summed E-state index contributed by atoms with van der Waals surface area (Å²) in [5.74, 6) is 1.29. The zero-order valence-corrected chi connectivity index (χ0v) is 13.6. The van der Waals surface area contributed by atoms with Crippen molar-refractivity contribution in [3.63, 3.8) is 0 Å². The smallest absolute Gasteiger partial charge is 0.0464 e. The van der Waals surface area contributed by atoms with Crippen LogP contribution >= 0.6 is 27.7 Å². The SMILES string of the molecule is CC(CO)CSc1ccc(CNC(C)C)c(Br)c1. The van der Waals surface area contributed by atoms with Crippen LogP contribution in [0.15, 0.2) is 27.6 Å². The van der Waals surface area contributed by atoms with Gasteiger partial charge in [0, 0.05) is 34.3 Å². The molecule has 1 unspecified atom stereocenters. The minimum atomic E-state index is 0.255. The lowest BCUT2D eigenvalue weighted by molar-refractivity contribution is 0.250. The molecule has 0 heterocycles. The molecule has 102 valence electrons. The maximum Gasteiger partial charge on any atom is 0.0464 e. The Balaban J connectivity index is 2.56. The molecule has 2 N–H and O–H groups in total. The molecule has 0 amide bonds. The minimum absolute atomic E-state index is 0.255. The first-order valence-corrected chi connectivity index (χ1v) is 8.06. The summed E-state index contributed by atoms with van der Waals surface area (Å²) < 4.78 is 1.15. The van der Waals surface area contributed by atoms with E-state index in [2.05, 4.69) is 60.2 Å². The first-order valence-electron chi connectivity index (χ1n) is 6.28. The number of aliphatic hydroxyl groups excluding tert-OH is 1. The molecule has 0 radical (unpaired) electrons. The molecular formula is C14H22BrNOS. The van der Waals surface area contributed by atoms with E-state index in [1.165, 1.54) is 10.5 Å². The number of hydrogen-bond acceptors (Lipinski definition) is 3. The lowest BCUT2D eigenvalue weighted by atomic mass is 10.2.